The molecule has 1 rings (SSSR count). The fourth-order valence-electron chi connectivity index (χ4n) is 1.25. The molecule has 0 fully saturated rings. The number of nitrogens with one attached hydrogen (secondary N) is 1. The molecule has 0 aliphatic heterocycles. The Bertz CT molecular complexity index is 563. The Labute approximate surface area is 134 Å². The zero-order valence-corrected chi connectivity index (χ0v) is 13.2. The number of aryl methyl sites for hydroxylation is 1. The van der Waals surface area contributed by atoms with E-state index in [1.807, 2.05) is 38.1 Å². The first-order valence-electron chi connectivity index (χ1n) is 6.03. The number of halogens is 5. The van der Waals surface area contributed by atoms with Gasteiger partial charge in [0, 0.05) is 25.5 Å². The Kier molecular flexibility index (Phi) is 7.81. The first-order valence-corrected chi connectivity index (χ1v) is 6.47. The van der Waals surface area contributed by atoms with Gasteiger partial charge >= 0.3 is 12.1 Å². The lowest BCUT2D eigenvalue weighted by Gasteiger charge is -2.15. The van der Waals surface area contributed by atoms with Crippen LogP contribution in [0.4, 0.5) is 28.9 Å². The topological polar surface area (TPSA) is 69.6 Å². The maximum atomic E-state index is 12.5. The van der Waals surface area contributed by atoms with Crippen LogP contribution in [-0.4, -0.2) is 42.9 Å². The molecule has 1 aromatic carbocycles. The number of nitrogens with zero attached hydrogens (tertiary/aromatic N) is 1. The van der Waals surface area contributed by atoms with E-state index in [-0.39, 0.29) is 0 Å². The highest BCUT2D eigenvalue weighted by atomic mass is 35.5. The summed E-state index contributed by atoms with van der Waals surface area (Å²) in [7, 11) is 3.84. The normalized spacial score (nSPS) is 11.8. The van der Waals surface area contributed by atoms with Crippen LogP contribution in [0.25, 0.3) is 0 Å². The molecule has 23 heavy (non-hydrogen) atoms. The summed E-state index contributed by atoms with van der Waals surface area (Å²) in [5.41, 5.74) is 0.418. The first kappa shape index (κ1) is 21.0. The summed E-state index contributed by atoms with van der Waals surface area (Å²) >= 11 is 5.03. The van der Waals surface area contributed by atoms with E-state index in [1.54, 1.807) is 6.07 Å². The van der Waals surface area contributed by atoms with Crippen molar-refractivity contribution in [3.05, 3.63) is 23.8 Å². The molecule has 1 unspecified atom stereocenters. The number of benzene rings is 1. The van der Waals surface area contributed by atoms with Crippen LogP contribution in [0.5, 0.6) is 0 Å². The van der Waals surface area contributed by atoms with Gasteiger partial charge in [-0.05, 0) is 30.7 Å². The van der Waals surface area contributed by atoms with Crippen molar-refractivity contribution in [2.45, 2.75) is 18.7 Å². The Morgan fingerprint density at radius 1 is 1.30 bits per heavy atom. The van der Waals surface area contributed by atoms with Crippen molar-refractivity contribution >= 4 is 34.9 Å². The molecular weight excluding hydrogens is 344 g/mol. The number of carboxylic acids is 1. The number of hydrogen-bond acceptors (Lipinski definition) is 3. The number of carboxylic acid groups (broad SMARTS) is 1. The van der Waals surface area contributed by atoms with E-state index in [9.17, 15) is 22.4 Å². The van der Waals surface area contributed by atoms with Crippen molar-refractivity contribution < 1.29 is 32.3 Å². The van der Waals surface area contributed by atoms with Crippen LogP contribution < -0.4 is 10.2 Å². The predicted octanol–water partition coefficient (Wildman–Crippen LogP) is 3.17. The highest BCUT2D eigenvalue weighted by molar-refractivity contribution is 6.31. The Balaban J connectivity index is 0.000000585. The third kappa shape index (κ3) is 7.68. The zero-order valence-electron chi connectivity index (χ0n) is 12.4. The average Bonchev–Trinajstić information content (AvgIpc) is 2.40. The fraction of sp³-hybridized carbons (Fsp3) is 0.385. The van der Waals surface area contributed by atoms with Crippen LogP contribution in [0.3, 0.4) is 0 Å². The Morgan fingerprint density at radius 2 is 1.78 bits per heavy atom. The maximum absolute atomic E-state index is 12.5. The number of rotatable bonds is 3. The number of carbonyl (C=O) groups is 2. The van der Waals surface area contributed by atoms with Crippen LogP contribution in [0.1, 0.15) is 5.56 Å². The van der Waals surface area contributed by atoms with Crippen LogP contribution in [0, 0.1) is 6.92 Å². The predicted molar refractivity (Wildman–Crippen MR) is 78.6 cm³/mol. The van der Waals surface area contributed by atoms with Crippen molar-refractivity contribution in [1.82, 2.24) is 0 Å². The molecule has 0 aliphatic rings. The van der Waals surface area contributed by atoms with E-state index >= 15 is 0 Å². The van der Waals surface area contributed by atoms with E-state index in [0.717, 1.165) is 11.3 Å². The zero-order chi connectivity index (χ0) is 18.4. The molecule has 0 heterocycles. The van der Waals surface area contributed by atoms with E-state index in [0.29, 0.717) is 5.69 Å². The molecule has 0 aromatic heterocycles. The number of anilines is 2. The lowest BCUT2D eigenvalue weighted by molar-refractivity contribution is -0.192. The number of hydrogen-bond donors (Lipinski definition) is 2. The van der Waals surface area contributed by atoms with Gasteiger partial charge in [0.1, 0.15) is 0 Å². The second-order valence-electron chi connectivity index (χ2n) is 4.49. The largest absolute Gasteiger partial charge is 0.490 e. The van der Waals surface area contributed by atoms with E-state index in [4.69, 9.17) is 21.5 Å². The van der Waals surface area contributed by atoms with Gasteiger partial charge in [0.05, 0.1) is 0 Å². The lowest BCUT2D eigenvalue weighted by Crippen LogP contribution is -2.21. The third-order valence-corrected chi connectivity index (χ3v) is 2.62. The van der Waals surface area contributed by atoms with E-state index in [2.05, 4.69) is 5.32 Å². The van der Waals surface area contributed by atoms with Gasteiger partial charge in [-0.25, -0.2) is 9.18 Å². The van der Waals surface area contributed by atoms with Crippen LogP contribution in [0.15, 0.2) is 18.2 Å². The second-order valence-corrected chi connectivity index (χ2v) is 4.87. The van der Waals surface area contributed by atoms with E-state index in [1.165, 1.54) is 0 Å². The highest BCUT2D eigenvalue weighted by Crippen LogP contribution is 2.21. The Morgan fingerprint density at radius 3 is 2.09 bits per heavy atom. The quantitative estimate of drug-likeness (QED) is 0.643. The molecule has 10 heteroatoms. The standard InChI is InChI=1S/C11H14ClFN2O.C2HF3O2/c1-7-6-8(15(2)3)4-5-9(7)14-11(16)10(12)13;3-2(4,5)1(6)7/h4-6,10H,1-3H3,(H,14,16);(H,6,7). The molecule has 0 radical (unpaired) electrons. The second kappa shape index (κ2) is 8.56. The molecule has 0 saturated carbocycles. The molecule has 0 aliphatic carbocycles. The number of alkyl halides is 5. The third-order valence-electron chi connectivity index (χ3n) is 2.42. The van der Waals surface area contributed by atoms with Gasteiger partial charge in [-0.2, -0.15) is 13.2 Å². The SMILES string of the molecule is Cc1cc(N(C)C)ccc1NC(=O)C(F)Cl.O=C(O)C(F)(F)F. The molecule has 5 nitrogen and oxygen atoms in total. The molecule has 0 bridgehead atoms. The fourth-order valence-corrected chi connectivity index (χ4v) is 1.31. The van der Waals surface area contributed by atoms with Gasteiger partial charge in [-0.15, -0.1) is 0 Å². The molecule has 0 spiro atoms. The van der Waals surface area contributed by atoms with Crippen LogP contribution in [-0.2, 0) is 9.59 Å². The highest BCUT2D eigenvalue weighted by Gasteiger charge is 2.38. The number of carbonyl (C=O) groups excluding carboxylic acids is 1. The van der Waals surface area contributed by atoms with Crippen LogP contribution >= 0.6 is 11.6 Å². The number of amides is 1. The van der Waals surface area contributed by atoms with Gasteiger partial charge < -0.3 is 15.3 Å². The van der Waals surface area contributed by atoms with Gasteiger partial charge in [0.25, 0.3) is 11.5 Å². The summed E-state index contributed by atoms with van der Waals surface area (Å²) in [5, 5.41) is 9.54. The van der Waals surface area contributed by atoms with Gasteiger partial charge in [0.15, 0.2) is 0 Å². The first-order chi connectivity index (χ1) is 10.4. The molecule has 1 aromatic rings. The maximum Gasteiger partial charge on any atom is 0.490 e. The molecule has 130 valence electrons. The minimum Gasteiger partial charge on any atom is -0.475 e. The molecule has 0 saturated heterocycles. The summed E-state index contributed by atoms with van der Waals surface area (Å²) in [6, 6.07) is 5.46. The molecular formula is C13H15ClF4N2O3. The summed E-state index contributed by atoms with van der Waals surface area (Å²) in [5.74, 6) is -3.60. The van der Waals surface area contributed by atoms with Gasteiger partial charge in [-0.3, -0.25) is 4.79 Å². The molecule has 1 atom stereocenters. The monoisotopic (exact) mass is 358 g/mol. The van der Waals surface area contributed by atoms with E-state index < -0.39 is 23.7 Å². The minimum absolute atomic E-state index is 0.568. The van der Waals surface area contributed by atoms with Crippen molar-refractivity contribution in [2.75, 3.05) is 24.3 Å². The summed E-state index contributed by atoms with van der Waals surface area (Å²) in [6.07, 6.45) is -5.08. The molecule has 1 amide bonds. The van der Waals surface area contributed by atoms with Crippen LogP contribution in [0.2, 0.25) is 0 Å². The van der Waals surface area contributed by atoms with Crippen molar-refractivity contribution in [3.8, 4) is 0 Å². The number of aliphatic carboxylic acids is 1. The minimum atomic E-state index is -5.08. The smallest absolute Gasteiger partial charge is 0.475 e. The van der Waals surface area contributed by atoms with Crippen molar-refractivity contribution in [3.63, 3.8) is 0 Å². The molecule has 2 N–H and O–H groups in total. The van der Waals surface area contributed by atoms with Gasteiger partial charge in [-0.1, -0.05) is 11.6 Å². The van der Waals surface area contributed by atoms with Gasteiger partial charge in [0.2, 0.25) is 0 Å². The summed E-state index contributed by atoms with van der Waals surface area (Å²) in [6.45, 7) is 1.84. The van der Waals surface area contributed by atoms with Crippen molar-refractivity contribution in [1.29, 1.82) is 0 Å². The summed E-state index contributed by atoms with van der Waals surface area (Å²) < 4.78 is 44.2. The van der Waals surface area contributed by atoms with Crippen molar-refractivity contribution in [2.24, 2.45) is 0 Å². The Hall–Kier alpha value is -2.03. The lowest BCUT2D eigenvalue weighted by atomic mass is 10.1. The average molecular weight is 359 g/mol. The summed E-state index contributed by atoms with van der Waals surface area (Å²) in [4.78, 5) is 21.9.